The van der Waals surface area contributed by atoms with Gasteiger partial charge < -0.3 is 9.30 Å². The van der Waals surface area contributed by atoms with E-state index in [9.17, 15) is 18.0 Å². The third-order valence-electron chi connectivity index (χ3n) is 3.45. The lowest BCUT2D eigenvalue weighted by atomic mass is 10.2. The lowest BCUT2D eigenvalue weighted by Gasteiger charge is -2.11. The third-order valence-corrected chi connectivity index (χ3v) is 3.45. The molecular weight excluding hydrogens is 307 g/mol. The Hall–Kier alpha value is -2.24. The van der Waals surface area contributed by atoms with Crippen LogP contribution in [0.3, 0.4) is 0 Å². The van der Waals surface area contributed by atoms with Crippen molar-refractivity contribution in [3.05, 3.63) is 64.1 Å². The standard InChI is InChI=1S/C17H18F3NO2/c1-2-13-4-7-15(8-5-13)23-11-3-10-21-12-14(17(18,19)20)6-9-16(21)22/h4-9,12H,2-3,10-11H2,1H3. The first kappa shape index (κ1) is 17.1. The topological polar surface area (TPSA) is 31.2 Å². The SMILES string of the molecule is CCc1ccc(OCCCn2cc(C(F)(F)F)ccc2=O)cc1. The molecule has 2 aromatic rings. The molecule has 0 saturated carbocycles. The van der Waals surface area contributed by atoms with Crippen LogP contribution >= 0.6 is 0 Å². The van der Waals surface area contributed by atoms with Gasteiger partial charge in [0.2, 0.25) is 0 Å². The lowest BCUT2D eigenvalue weighted by Crippen LogP contribution is -2.22. The molecule has 0 N–H and O–H groups in total. The van der Waals surface area contributed by atoms with Crippen molar-refractivity contribution in [2.75, 3.05) is 6.61 Å². The van der Waals surface area contributed by atoms with E-state index in [0.29, 0.717) is 18.8 Å². The minimum atomic E-state index is -4.45. The number of halogens is 3. The summed E-state index contributed by atoms with van der Waals surface area (Å²) in [4.78, 5) is 11.6. The summed E-state index contributed by atoms with van der Waals surface area (Å²) >= 11 is 0. The van der Waals surface area contributed by atoms with Crippen molar-refractivity contribution in [2.45, 2.75) is 32.5 Å². The van der Waals surface area contributed by atoms with E-state index in [2.05, 4.69) is 6.92 Å². The molecule has 0 aliphatic rings. The molecular formula is C17H18F3NO2. The number of hydrogen-bond donors (Lipinski definition) is 0. The Labute approximate surface area is 132 Å². The van der Waals surface area contributed by atoms with Gasteiger partial charge in [-0.15, -0.1) is 0 Å². The molecule has 0 radical (unpaired) electrons. The predicted molar refractivity (Wildman–Crippen MR) is 81.6 cm³/mol. The highest BCUT2D eigenvalue weighted by atomic mass is 19.4. The Morgan fingerprint density at radius 1 is 1.09 bits per heavy atom. The average molecular weight is 325 g/mol. The van der Waals surface area contributed by atoms with E-state index in [-0.39, 0.29) is 6.54 Å². The van der Waals surface area contributed by atoms with E-state index in [1.54, 1.807) is 0 Å². The lowest BCUT2D eigenvalue weighted by molar-refractivity contribution is -0.138. The van der Waals surface area contributed by atoms with Gasteiger partial charge in [0.1, 0.15) is 5.75 Å². The molecule has 0 unspecified atom stereocenters. The zero-order valence-corrected chi connectivity index (χ0v) is 12.8. The number of nitrogens with zero attached hydrogens (tertiary/aromatic N) is 1. The second kappa shape index (κ2) is 7.35. The number of hydrogen-bond acceptors (Lipinski definition) is 2. The highest BCUT2D eigenvalue weighted by Crippen LogP contribution is 2.28. The van der Waals surface area contributed by atoms with Gasteiger partial charge in [0.15, 0.2) is 0 Å². The number of benzene rings is 1. The molecule has 0 bridgehead atoms. The maximum atomic E-state index is 12.6. The summed E-state index contributed by atoms with van der Waals surface area (Å²) < 4.78 is 44.5. The monoisotopic (exact) mass is 325 g/mol. The first-order valence-corrected chi connectivity index (χ1v) is 7.39. The highest BCUT2D eigenvalue weighted by molar-refractivity contribution is 5.27. The number of ether oxygens (including phenoxy) is 1. The summed E-state index contributed by atoms with van der Waals surface area (Å²) in [5, 5.41) is 0. The van der Waals surface area contributed by atoms with Crippen LogP contribution in [0.25, 0.3) is 0 Å². The molecule has 1 aromatic carbocycles. The summed E-state index contributed by atoms with van der Waals surface area (Å²) in [5.41, 5.74) is -0.0775. The number of aryl methyl sites for hydroxylation is 2. The molecule has 1 heterocycles. The molecule has 0 aliphatic heterocycles. The van der Waals surface area contributed by atoms with Gasteiger partial charge in [0.25, 0.3) is 5.56 Å². The van der Waals surface area contributed by atoms with Gasteiger partial charge in [-0.2, -0.15) is 13.2 Å². The molecule has 6 heteroatoms. The first-order chi connectivity index (χ1) is 10.9. The first-order valence-electron chi connectivity index (χ1n) is 7.39. The van der Waals surface area contributed by atoms with Crippen LogP contribution in [0.1, 0.15) is 24.5 Å². The summed E-state index contributed by atoms with van der Waals surface area (Å²) in [7, 11) is 0. The van der Waals surface area contributed by atoms with E-state index >= 15 is 0 Å². The van der Waals surface area contributed by atoms with Crippen molar-refractivity contribution in [3.8, 4) is 5.75 Å². The van der Waals surface area contributed by atoms with E-state index in [0.717, 1.165) is 29.3 Å². The second-order valence-electron chi connectivity index (χ2n) is 5.15. The summed E-state index contributed by atoms with van der Waals surface area (Å²) in [6, 6.07) is 9.38. The van der Waals surface area contributed by atoms with Crippen LogP contribution in [0.15, 0.2) is 47.4 Å². The van der Waals surface area contributed by atoms with Gasteiger partial charge in [-0.05, 0) is 36.6 Å². The number of pyridine rings is 1. The van der Waals surface area contributed by atoms with Crippen LogP contribution in [0.5, 0.6) is 5.75 Å². The number of alkyl halides is 3. The van der Waals surface area contributed by atoms with Crippen molar-refractivity contribution in [1.29, 1.82) is 0 Å². The van der Waals surface area contributed by atoms with Gasteiger partial charge in [-0.1, -0.05) is 19.1 Å². The molecule has 0 fully saturated rings. The minimum Gasteiger partial charge on any atom is -0.494 e. The van der Waals surface area contributed by atoms with E-state index in [1.165, 1.54) is 5.56 Å². The van der Waals surface area contributed by atoms with Crippen LogP contribution in [0.4, 0.5) is 13.2 Å². The molecule has 23 heavy (non-hydrogen) atoms. The molecule has 3 nitrogen and oxygen atoms in total. The average Bonchev–Trinajstić information content (AvgIpc) is 2.52. The van der Waals surface area contributed by atoms with E-state index < -0.39 is 17.3 Å². The molecule has 2 rings (SSSR count). The molecule has 0 spiro atoms. The Morgan fingerprint density at radius 2 is 1.78 bits per heavy atom. The van der Waals surface area contributed by atoms with Gasteiger partial charge in [-0.3, -0.25) is 4.79 Å². The zero-order chi connectivity index (χ0) is 16.9. The Balaban J connectivity index is 1.89. The zero-order valence-electron chi connectivity index (χ0n) is 12.8. The van der Waals surface area contributed by atoms with Crippen LogP contribution in [0, 0.1) is 0 Å². The Kier molecular flexibility index (Phi) is 5.47. The maximum absolute atomic E-state index is 12.6. The summed E-state index contributed by atoms with van der Waals surface area (Å²) in [5.74, 6) is 0.707. The van der Waals surface area contributed by atoms with Crippen LogP contribution in [-0.4, -0.2) is 11.2 Å². The molecule has 0 saturated heterocycles. The third kappa shape index (κ3) is 4.87. The van der Waals surface area contributed by atoms with E-state index in [4.69, 9.17) is 4.74 Å². The molecule has 0 amide bonds. The Morgan fingerprint density at radius 3 is 2.39 bits per heavy atom. The quantitative estimate of drug-likeness (QED) is 0.754. The van der Waals surface area contributed by atoms with Gasteiger partial charge in [-0.25, -0.2) is 0 Å². The van der Waals surface area contributed by atoms with Crippen LogP contribution in [-0.2, 0) is 19.1 Å². The fraction of sp³-hybridized carbons (Fsp3) is 0.353. The smallest absolute Gasteiger partial charge is 0.417 e. The highest BCUT2D eigenvalue weighted by Gasteiger charge is 2.30. The van der Waals surface area contributed by atoms with Crippen molar-refractivity contribution >= 4 is 0 Å². The van der Waals surface area contributed by atoms with Crippen LogP contribution in [0.2, 0.25) is 0 Å². The van der Waals surface area contributed by atoms with Crippen molar-refractivity contribution < 1.29 is 17.9 Å². The molecule has 1 aromatic heterocycles. The predicted octanol–water partition coefficient (Wildman–Crippen LogP) is 3.90. The van der Waals surface area contributed by atoms with Gasteiger partial charge >= 0.3 is 6.18 Å². The fourth-order valence-corrected chi connectivity index (χ4v) is 2.12. The number of aromatic nitrogens is 1. The minimum absolute atomic E-state index is 0.176. The van der Waals surface area contributed by atoms with Crippen molar-refractivity contribution in [1.82, 2.24) is 4.57 Å². The normalized spacial score (nSPS) is 11.5. The molecule has 0 aliphatic carbocycles. The summed E-state index contributed by atoms with van der Waals surface area (Å²) in [6.45, 7) is 2.56. The van der Waals surface area contributed by atoms with Crippen molar-refractivity contribution in [2.24, 2.45) is 0 Å². The Bertz CT molecular complexity index is 690. The van der Waals surface area contributed by atoms with Crippen molar-refractivity contribution in [3.63, 3.8) is 0 Å². The van der Waals surface area contributed by atoms with Crippen LogP contribution < -0.4 is 10.3 Å². The second-order valence-corrected chi connectivity index (χ2v) is 5.15. The summed E-state index contributed by atoms with van der Waals surface area (Å²) in [6.07, 6.45) is -2.22. The van der Waals surface area contributed by atoms with Gasteiger partial charge in [0, 0.05) is 18.8 Å². The van der Waals surface area contributed by atoms with Gasteiger partial charge in [0.05, 0.1) is 12.2 Å². The maximum Gasteiger partial charge on any atom is 0.417 e. The molecule has 0 atom stereocenters. The molecule has 124 valence electrons. The van der Waals surface area contributed by atoms with E-state index in [1.807, 2.05) is 24.3 Å². The largest absolute Gasteiger partial charge is 0.494 e. The number of rotatable bonds is 6. The fourth-order valence-electron chi connectivity index (χ4n) is 2.12.